The Labute approximate surface area is 180 Å². The molecule has 4 atom stereocenters. The molecule has 4 rings (SSSR count). The van der Waals surface area contributed by atoms with Crippen molar-refractivity contribution in [1.82, 2.24) is 0 Å². The smallest absolute Gasteiger partial charge is 0.175 e. The molecule has 0 aromatic heterocycles. The number of unbranched alkanes of at least 4 members (excludes halogenated alkanes) is 3. The van der Waals surface area contributed by atoms with Gasteiger partial charge in [-0.15, -0.1) is 0 Å². The molecule has 0 radical (unpaired) electrons. The van der Waals surface area contributed by atoms with E-state index in [2.05, 4.69) is 6.92 Å². The van der Waals surface area contributed by atoms with Gasteiger partial charge in [0.2, 0.25) is 0 Å². The number of benzene rings is 2. The van der Waals surface area contributed by atoms with E-state index in [4.69, 9.17) is 4.74 Å². The van der Waals surface area contributed by atoms with Crippen LogP contribution in [0.1, 0.15) is 89.0 Å². The van der Waals surface area contributed by atoms with Gasteiger partial charge in [-0.05, 0) is 78.9 Å². The average Bonchev–Trinajstić information content (AvgIpc) is 2.76. The van der Waals surface area contributed by atoms with Gasteiger partial charge in [0, 0.05) is 0 Å². The molecule has 2 aromatic carbocycles. The van der Waals surface area contributed by atoms with Crippen LogP contribution >= 0.6 is 0 Å². The first-order chi connectivity index (χ1) is 14.6. The molecule has 3 heteroatoms. The third kappa shape index (κ3) is 4.50. The van der Waals surface area contributed by atoms with Crippen LogP contribution in [0.4, 0.5) is 8.78 Å². The highest BCUT2D eigenvalue weighted by atomic mass is 19.1. The molecule has 2 unspecified atom stereocenters. The molecular weight excluding hydrogens is 378 g/mol. The topological polar surface area (TPSA) is 9.23 Å². The molecule has 0 heterocycles. The van der Waals surface area contributed by atoms with Crippen LogP contribution in [-0.4, -0.2) is 7.11 Å². The lowest BCUT2D eigenvalue weighted by atomic mass is 9.63. The van der Waals surface area contributed by atoms with Gasteiger partial charge in [0.05, 0.1) is 12.5 Å². The molecule has 2 saturated carbocycles. The fourth-order valence-corrected chi connectivity index (χ4v) is 6.18. The number of fused-ring (bicyclic) bond motifs is 2. The molecule has 30 heavy (non-hydrogen) atoms. The van der Waals surface area contributed by atoms with Crippen molar-refractivity contribution in [3.8, 4) is 5.75 Å². The summed E-state index contributed by atoms with van der Waals surface area (Å²) >= 11 is 0. The van der Waals surface area contributed by atoms with Crippen molar-refractivity contribution in [2.45, 2.75) is 83.5 Å². The Morgan fingerprint density at radius 3 is 2.53 bits per heavy atom. The molecule has 2 aromatic rings. The Morgan fingerprint density at radius 1 is 0.933 bits per heavy atom. The van der Waals surface area contributed by atoms with Gasteiger partial charge in [-0.1, -0.05) is 57.6 Å². The highest BCUT2D eigenvalue weighted by molar-refractivity contribution is 5.86. The molecule has 1 nitrogen and oxygen atoms in total. The quantitative estimate of drug-likeness (QED) is 0.413. The Hall–Kier alpha value is -1.64. The SMILES string of the molecule is CCCCCCC1CCC2C[C@H](c3cc(F)c4c(F)c(OC)ccc4c3)CC[C@@H]2C1. The number of hydrogen-bond donors (Lipinski definition) is 0. The minimum atomic E-state index is -0.597. The Kier molecular flexibility index (Phi) is 6.95. The lowest BCUT2D eigenvalue weighted by molar-refractivity contribution is 0.113. The van der Waals surface area contributed by atoms with Crippen LogP contribution in [-0.2, 0) is 0 Å². The number of rotatable bonds is 7. The molecule has 0 N–H and O–H groups in total. The number of ether oxygens (including phenoxy) is 1. The second kappa shape index (κ2) is 9.66. The van der Waals surface area contributed by atoms with Crippen molar-refractivity contribution in [3.05, 3.63) is 41.5 Å². The van der Waals surface area contributed by atoms with Crippen molar-refractivity contribution >= 4 is 10.8 Å². The Balaban J connectivity index is 1.42. The first-order valence-corrected chi connectivity index (χ1v) is 12.1. The van der Waals surface area contributed by atoms with Crippen LogP contribution in [0, 0.1) is 29.4 Å². The largest absolute Gasteiger partial charge is 0.494 e. The zero-order valence-corrected chi connectivity index (χ0v) is 18.6. The molecule has 2 fully saturated rings. The van der Waals surface area contributed by atoms with Crippen molar-refractivity contribution < 1.29 is 13.5 Å². The van der Waals surface area contributed by atoms with Crippen molar-refractivity contribution in [1.29, 1.82) is 0 Å². The summed E-state index contributed by atoms with van der Waals surface area (Å²) in [6.45, 7) is 2.28. The molecule has 2 aliphatic rings. The summed E-state index contributed by atoms with van der Waals surface area (Å²) in [6.07, 6.45) is 14.6. The number of hydrogen-bond acceptors (Lipinski definition) is 1. The van der Waals surface area contributed by atoms with E-state index in [9.17, 15) is 8.78 Å². The van der Waals surface area contributed by atoms with Gasteiger partial charge >= 0.3 is 0 Å². The minimum absolute atomic E-state index is 0.0513. The molecule has 0 saturated heterocycles. The maximum atomic E-state index is 14.8. The molecule has 0 aliphatic heterocycles. The van der Waals surface area contributed by atoms with Gasteiger partial charge in [-0.3, -0.25) is 0 Å². The predicted octanol–water partition coefficient (Wildman–Crippen LogP) is 8.40. The van der Waals surface area contributed by atoms with Gasteiger partial charge in [0.15, 0.2) is 11.6 Å². The first-order valence-electron chi connectivity index (χ1n) is 12.1. The molecule has 0 bridgehead atoms. The van der Waals surface area contributed by atoms with E-state index in [1.165, 1.54) is 64.9 Å². The van der Waals surface area contributed by atoms with Crippen LogP contribution in [0.2, 0.25) is 0 Å². The van der Waals surface area contributed by atoms with E-state index >= 15 is 0 Å². The van der Waals surface area contributed by atoms with Gasteiger partial charge in [-0.25, -0.2) is 8.78 Å². The van der Waals surface area contributed by atoms with Gasteiger partial charge in [0.25, 0.3) is 0 Å². The average molecular weight is 415 g/mol. The predicted molar refractivity (Wildman–Crippen MR) is 120 cm³/mol. The summed E-state index contributed by atoms with van der Waals surface area (Å²) in [7, 11) is 1.41. The summed E-state index contributed by atoms with van der Waals surface area (Å²) in [5.74, 6) is 2.00. The summed E-state index contributed by atoms with van der Waals surface area (Å²) in [5.41, 5.74) is 1.05. The minimum Gasteiger partial charge on any atom is -0.494 e. The normalized spacial score (nSPS) is 26.5. The van der Waals surface area contributed by atoms with Crippen LogP contribution in [0.15, 0.2) is 24.3 Å². The fraction of sp³-hybridized carbons (Fsp3) is 0.630. The van der Waals surface area contributed by atoms with Crippen molar-refractivity contribution in [2.75, 3.05) is 7.11 Å². The van der Waals surface area contributed by atoms with Gasteiger partial charge in [0.1, 0.15) is 5.82 Å². The molecule has 0 spiro atoms. The highest BCUT2D eigenvalue weighted by Gasteiger charge is 2.36. The summed E-state index contributed by atoms with van der Waals surface area (Å²) in [6, 6.07) is 6.96. The maximum absolute atomic E-state index is 14.8. The first kappa shape index (κ1) is 21.6. The second-order valence-electron chi connectivity index (χ2n) is 9.74. The van der Waals surface area contributed by atoms with Gasteiger partial charge < -0.3 is 4.74 Å². The Bertz CT molecular complexity index is 862. The Morgan fingerprint density at radius 2 is 1.73 bits per heavy atom. The van der Waals surface area contributed by atoms with Crippen molar-refractivity contribution in [3.63, 3.8) is 0 Å². The van der Waals surface area contributed by atoms with Crippen LogP contribution in [0.25, 0.3) is 10.8 Å². The van der Waals surface area contributed by atoms with E-state index in [0.717, 1.165) is 36.2 Å². The fourth-order valence-electron chi connectivity index (χ4n) is 6.18. The molecule has 0 amide bonds. The third-order valence-corrected chi connectivity index (χ3v) is 7.87. The van der Waals surface area contributed by atoms with E-state index in [1.54, 1.807) is 18.2 Å². The molecule has 164 valence electrons. The number of methoxy groups -OCH3 is 1. The standard InChI is InChI=1S/C27H36F2O/c1-3-4-5-6-7-18-8-9-20-15-21(11-10-19(20)14-18)23-16-22-12-13-25(30-2)27(29)26(22)24(28)17-23/h12-13,16-21H,3-11,14-15H2,1-2H3/t18?,19-,20?,21-/m1/s1. The van der Waals surface area contributed by atoms with E-state index in [0.29, 0.717) is 11.3 Å². The lowest BCUT2D eigenvalue weighted by Crippen LogP contribution is -2.30. The van der Waals surface area contributed by atoms with E-state index < -0.39 is 11.6 Å². The zero-order chi connectivity index (χ0) is 21.1. The van der Waals surface area contributed by atoms with Gasteiger partial charge in [-0.2, -0.15) is 0 Å². The van der Waals surface area contributed by atoms with Crippen LogP contribution < -0.4 is 4.74 Å². The number of halogens is 2. The summed E-state index contributed by atoms with van der Waals surface area (Å²) in [4.78, 5) is 0. The van der Waals surface area contributed by atoms with Crippen LogP contribution in [0.5, 0.6) is 5.75 Å². The maximum Gasteiger partial charge on any atom is 0.175 e. The lowest BCUT2D eigenvalue weighted by Gasteiger charge is -2.42. The van der Waals surface area contributed by atoms with Crippen molar-refractivity contribution in [2.24, 2.45) is 17.8 Å². The monoisotopic (exact) mass is 414 g/mol. The zero-order valence-electron chi connectivity index (χ0n) is 18.6. The third-order valence-electron chi connectivity index (χ3n) is 7.87. The molecule has 2 aliphatic carbocycles. The molecular formula is C27H36F2O. The summed E-state index contributed by atoms with van der Waals surface area (Å²) < 4.78 is 34.4. The summed E-state index contributed by atoms with van der Waals surface area (Å²) in [5, 5.41) is 0.691. The van der Waals surface area contributed by atoms with Crippen LogP contribution in [0.3, 0.4) is 0 Å². The van der Waals surface area contributed by atoms with E-state index in [-0.39, 0.29) is 11.1 Å². The highest BCUT2D eigenvalue weighted by Crippen LogP contribution is 2.49. The van der Waals surface area contributed by atoms with E-state index in [1.807, 2.05) is 6.07 Å². The second-order valence-corrected chi connectivity index (χ2v) is 9.74.